The molecule has 1 heterocycles. The zero-order chi connectivity index (χ0) is 12.3. The molecule has 2 aliphatic rings. The van der Waals surface area contributed by atoms with Crippen LogP contribution in [0.15, 0.2) is 0 Å². The number of piperidine rings is 1. The molecule has 0 spiro atoms. The van der Waals surface area contributed by atoms with Gasteiger partial charge in [0.05, 0.1) is 0 Å². The highest BCUT2D eigenvalue weighted by Gasteiger charge is 2.34. The first-order valence-corrected chi connectivity index (χ1v) is 6.81. The van der Waals surface area contributed by atoms with E-state index in [0.29, 0.717) is 0 Å². The summed E-state index contributed by atoms with van der Waals surface area (Å²) < 4.78 is 0. The van der Waals surface area contributed by atoms with Crippen LogP contribution in [0.3, 0.4) is 0 Å². The van der Waals surface area contributed by atoms with E-state index in [4.69, 9.17) is 0 Å². The average Bonchev–Trinajstić information content (AvgIpc) is 3.13. The van der Waals surface area contributed by atoms with Gasteiger partial charge in [-0.05, 0) is 45.8 Å². The first-order chi connectivity index (χ1) is 8.12. The van der Waals surface area contributed by atoms with Crippen LogP contribution in [0, 0.1) is 5.41 Å². The van der Waals surface area contributed by atoms with Crippen LogP contribution in [0.25, 0.3) is 0 Å². The van der Waals surface area contributed by atoms with Crippen LogP contribution in [-0.4, -0.2) is 50.1 Å². The predicted molar refractivity (Wildman–Crippen MR) is 68.9 cm³/mol. The van der Waals surface area contributed by atoms with Gasteiger partial charge in [0, 0.05) is 24.5 Å². The Hall–Kier alpha value is -0.610. The Kier molecular flexibility index (Phi) is 4.05. The van der Waals surface area contributed by atoms with Crippen molar-refractivity contribution in [3.8, 4) is 0 Å². The van der Waals surface area contributed by atoms with Crippen LogP contribution in [0.4, 0.5) is 0 Å². The van der Waals surface area contributed by atoms with Gasteiger partial charge in [0.1, 0.15) is 0 Å². The van der Waals surface area contributed by atoms with E-state index in [9.17, 15) is 4.79 Å². The van der Waals surface area contributed by atoms with Gasteiger partial charge in [-0.25, -0.2) is 0 Å². The van der Waals surface area contributed by atoms with Crippen molar-refractivity contribution in [1.82, 2.24) is 15.5 Å². The summed E-state index contributed by atoms with van der Waals surface area (Å²) in [6.07, 6.45) is 4.57. The molecule has 1 aliphatic heterocycles. The Morgan fingerprint density at radius 2 is 2.06 bits per heavy atom. The van der Waals surface area contributed by atoms with Crippen molar-refractivity contribution in [1.29, 1.82) is 0 Å². The summed E-state index contributed by atoms with van der Waals surface area (Å²) in [4.78, 5) is 14.5. The molecule has 0 aromatic heterocycles. The summed E-state index contributed by atoms with van der Waals surface area (Å²) in [6.45, 7) is 5.78. The summed E-state index contributed by atoms with van der Waals surface area (Å²) >= 11 is 0. The van der Waals surface area contributed by atoms with Gasteiger partial charge in [0.15, 0.2) is 0 Å². The van der Waals surface area contributed by atoms with Crippen molar-refractivity contribution >= 4 is 5.91 Å². The highest BCUT2D eigenvalue weighted by Crippen LogP contribution is 2.28. The maximum Gasteiger partial charge on any atom is 0.226 e. The van der Waals surface area contributed by atoms with Crippen LogP contribution < -0.4 is 10.6 Å². The zero-order valence-electron chi connectivity index (χ0n) is 11.1. The molecule has 2 rings (SSSR count). The number of likely N-dealkylation sites (N-methyl/N-ethyl adjacent to an activating group) is 1. The van der Waals surface area contributed by atoms with Gasteiger partial charge in [0.2, 0.25) is 5.91 Å². The lowest BCUT2D eigenvalue weighted by molar-refractivity contribution is -0.131. The van der Waals surface area contributed by atoms with Crippen molar-refractivity contribution in [2.24, 2.45) is 5.41 Å². The summed E-state index contributed by atoms with van der Waals surface area (Å²) in [5.74, 6) is 0.239. The zero-order valence-corrected chi connectivity index (χ0v) is 11.1. The largest absolute Gasteiger partial charge is 0.354 e. The van der Waals surface area contributed by atoms with Crippen LogP contribution in [0.2, 0.25) is 0 Å². The Labute approximate surface area is 104 Å². The molecule has 1 amide bonds. The summed E-state index contributed by atoms with van der Waals surface area (Å²) in [7, 11) is 2.15. The summed E-state index contributed by atoms with van der Waals surface area (Å²) in [6, 6.07) is 0.779. The predicted octanol–water partition coefficient (Wildman–Crippen LogP) is 0.587. The molecule has 98 valence electrons. The third-order valence-corrected chi connectivity index (χ3v) is 4.18. The van der Waals surface area contributed by atoms with Gasteiger partial charge < -0.3 is 15.5 Å². The van der Waals surface area contributed by atoms with Crippen molar-refractivity contribution in [3.63, 3.8) is 0 Å². The van der Waals surface area contributed by atoms with Gasteiger partial charge >= 0.3 is 0 Å². The van der Waals surface area contributed by atoms with Crippen LogP contribution in [0.5, 0.6) is 0 Å². The normalized spacial score (nSPS) is 23.7. The average molecular weight is 239 g/mol. The minimum Gasteiger partial charge on any atom is -0.354 e. The number of nitrogens with zero attached hydrogens (tertiary/aromatic N) is 1. The molecule has 0 unspecified atom stereocenters. The molecule has 2 N–H and O–H groups in total. The first-order valence-electron chi connectivity index (χ1n) is 6.81. The minimum atomic E-state index is -0.149. The molecule has 4 nitrogen and oxygen atoms in total. The van der Waals surface area contributed by atoms with E-state index in [1.807, 2.05) is 0 Å². The van der Waals surface area contributed by atoms with Crippen LogP contribution in [0.1, 0.15) is 32.6 Å². The van der Waals surface area contributed by atoms with Gasteiger partial charge in [-0.15, -0.1) is 0 Å². The second-order valence-electron chi connectivity index (χ2n) is 5.78. The Balaban J connectivity index is 1.68. The molecule has 1 saturated heterocycles. The number of nitrogens with one attached hydrogen (secondary N) is 2. The highest BCUT2D eigenvalue weighted by atomic mass is 16.2. The van der Waals surface area contributed by atoms with E-state index in [0.717, 1.165) is 45.1 Å². The van der Waals surface area contributed by atoms with E-state index < -0.39 is 0 Å². The molecule has 0 radical (unpaired) electrons. The molecule has 0 aromatic carbocycles. The highest BCUT2D eigenvalue weighted by molar-refractivity contribution is 5.82. The monoisotopic (exact) mass is 239 g/mol. The molecular formula is C13H25N3O. The van der Waals surface area contributed by atoms with Gasteiger partial charge in [-0.3, -0.25) is 4.79 Å². The third-order valence-electron chi connectivity index (χ3n) is 4.18. The fourth-order valence-corrected chi connectivity index (χ4v) is 2.46. The fourth-order valence-electron chi connectivity index (χ4n) is 2.46. The number of carbonyl (C=O) groups excluding carboxylic acids is 1. The molecule has 1 saturated carbocycles. The van der Waals surface area contributed by atoms with Crippen molar-refractivity contribution in [3.05, 3.63) is 0 Å². The van der Waals surface area contributed by atoms with Gasteiger partial charge in [-0.1, -0.05) is 6.92 Å². The Morgan fingerprint density at radius 3 is 2.65 bits per heavy atom. The van der Waals surface area contributed by atoms with Crippen molar-refractivity contribution in [2.45, 2.75) is 38.6 Å². The molecule has 0 bridgehead atoms. The fraction of sp³-hybridized carbons (Fsp3) is 0.923. The maximum atomic E-state index is 12.1. The van der Waals surface area contributed by atoms with Crippen LogP contribution in [-0.2, 0) is 4.79 Å². The molecule has 1 aliphatic carbocycles. The molecule has 0 aromatic rings. The maximum absolute atomic E-state index is 12.1. The van der Waals surface area contributed by atoms with E-state index in [-0.39, 0.29) is 11.3 Å². The quantitative estimate of drug-likeness (QED) is 0.738. The lowest BCUT2D eigenvalue weighted by Crippen LogP contribution is -2.47. The Bertz CT molecular complexity index is 270. The number of amides is 1. The van der Waals surface area contributed by atoms with Crippen molar-refractivity contribution < 1.29 is 4.79 Å². The number of carbonyl (C=O) groups is 1. The second kappa shape index (κ2) is 5.36. The van der Waals surface area contributed by atoms with E-state index >= 15 is 0 Å². The number of hydrogen-bond donors (Lipinski definition) is 2. The van der Waals surface area contributed by atoms with E-state index in [2.05, 4.69) is 29.5 Å². The molecule has 0 atom stereocenters. The lowest BCUT2D eigenvalue weighted by atomic mass is 9.80. The number of hydrogen-bond acceptors (Lipinski definition) is 3. The standard InChI is InChI=1S/C13H25N3O/c1-13(5-7-14-8-6-13)12(17)15-9-10-16(2)11-3-4-11/h11,14H,3-10H2,1-2H3,(H,15,17). The topological polar surface area (TPSA) is 44.4 Å². The Morgan fingerprint density at radius 1 is 1.41 bits per heavy atom. The van der Waals surface area contributed by atoms with Crippen LogP contribution >= 0.6 is 0 Å². The third kappa shape index (κ3) is 3.42. The minimum absolute atomic E-state index is 0.149. The summed E-state index contributed by atoms with van der Waals surface area (Å²) in [5, 5.41) is 6.40. The number of rotatable bonds is 5. The van der Waals surface area contributed by atoms with Gasteiger partial charge in [0.25, 0.3) is 0 Å². The molecular weight excluding hydrogens is 214 g/mol. The first kappa shape index (κ1) is 12.8. The van der Waals surface area contributed by atoms with E-state index in [1.165, 1.54) is 12.8 Å². The SMILES string of the molecule is CN(CCNC(=O)C1(C)CCNCC1)C1CC1. The lowest BCUT2D eigenvalue weighted by Gasteiger charge is -2.32. The molecule has 17 heavy (non-hydrogen) atoms. The van der Waals surface area contributed by atoms with Crippen molar-refractivity contribution in [2.75, 3.05) is 33.2 Å². The second-order valence-corrected chi connectivity index (χ2v) is 5.78. The molecule has 2 fully saturated rings. The smallest absolute Gasteiger partial charge is 0.226 e. The van der Waals surface area contributed by atoms with Gasteiger partial charge in [-0.2, -0.15) is 0 Å². The molecule has 4 heteroatoms. The summed E-state index contributed by atoms with van der Waals surface area (Å²) in [5.41, 5.74) is -0.149. The van der Waals surface area contributed by atoms with E-state index in [1.54, 1.807) is 0 Å².